The van der Waals surface area contributed by atoms with Gasteiger partial charge in [0, 0.05) is 19.0 Å². The summed E-state index contributed by atoms with van der Waals surface area (Å²) in [4.78, 5) is 4.86. The van der Waals surface area contributed by atoms with Crippen LogP contribution in [0.4, 0.5) is 0 Å². The molecule has 1 aromatic carbocycles. The fourth-order valence-electron chi connectivity index (χ4n) is 3.31. The highest BCUT2D eigenvalue weighted by atomic mass is 15.1. The molecule has 0 saturated carbocycles. The minimum absolute atomic E-state index is 0.690. The number of hydrogen-bond donors (Lipinski definition) is 1. The molecule has 1 fully saturated rings. The van der Waals surface area contributed by atoms with E-state index < -0.39 is 0 Å². The standard InChI is InChI=1S/C17H25N3/c1-3-20-16-9-7-13(2)12-15(16)19-17(20)10-8-14-6-4-5-11-18-14/h7,9,12,14,18H,3-6,8,10-11H2,1-2H3. The summed E-state index contributed by atoms with van der Waals surface area (Å²) >= 11 is 0. The molecule has 1 atom stereocenters. The quantitative estimate of drug-likeness (QED) is 0.923. The van der Waals surface area contributed by atoms with E-state index in [1.165, 1.54) is 49.1 Å². The van der Waals surface area contributed by atoms with Crippen molar-refractivity contribution in [2.75, 3.05) is 6.54 Å². The smallest absolute Gasteiger partial charge is 0.109 e. The van der Waals surface area contributed by atoms with E-state index in [4.69, 9.17) is 4.98 Å². The topological polar surface area (TPSA) is 29.9 Å². The third-order valence-electron chi connectivity index (χ3n) is 4.43. The Bertz CT molecular complexity index is 579. The monoisotopic (exact) mass is 271 g/mol. The first-order valence-electron chi connectivity index (χ1n) is 7.97. The molecule has 2 heterocycles. The van der Waals surface area contributed by atoms with Crippen molar-refractivity contribution in [1.82, 2.24) is 14.9 Å². The summed E-state index contributed by atoms with van der Waals surface area (Å²) in [6.07, 6.45) is 6.33. The van der Waals surface area contributed by atoms with Crippen molar-refractivity contribution in [1.29, 1.82) is 0 Å². The molecule has 1 aliphatic heterocycles. The number of hydrogen-bond acceptors (Lipinski definition) is 2. The lowest BCUT2D eigenvalue weighted by atomic mass is 10.0. The van der Waals surface area contributed by atoms with Gasteiger partial charge in [0.05, 0.1) is 11.0 Å². The molecule has 0 amide bonds. The zero-order chi connectivity index (χ0) is 13.9. The number of benzene rings is 1. The first-order valence-corrected chi connectivity index (χ1v) is 7.97. The van der Waals surface area contributed by atoms with Gasteiger partial charge in [-0.25, -0.2) is 4.98 Å². The van der Waals surface area contributed by atoms with E-state index in [-0.39, 0.29) is 0 Å². The van der Waals surface area contributed by atoms with Crippen molar-refractivity contribution < 1.29 is 0 Å². The number of piperidine rings is 1. The number of rotatable bonds is 4. The van der Waals surface area contributed by atoms with Crippen LogP contribution in [-0.2, 0) is 13.0 Å². The van der Waals surface area contributed by atoms with Crippen molar-refractivity contribution in [3.63, 3.8) is 0 Å². The fraction of sp³-hybridized carbons (Fsp3) is 0.588. The number of nitrogens with one attached hydrogen (secondary N) is 1. The zero-order valence-corrected chi connectivity index (χ0v) is 12.7. The minimum Gasteiger partial charge on any atom is -0.328 e. The van der Waals surface area contributed by atoms with Gasteiger partial charge in [0.2, 0.25) is 0 Å². The molecule has 1 N–H and O–H groups in total. The van der Waals surface area contributed by atoms with E-state index >= 15 is 0 Å². The average molecular weight is 271 g/mol. The molecule has 3 rings (SSSR count). The van der Waals surface area contributed by atoms with Gasteiger partial charge in [-0.3, -0.25) is 0 Å². The van der Waals surface area contributed by atoms with E-state index in [1.54, 1.807) is 0 Å². The lowest BCUT2D eigenvalue weighted by molar-refractivity contribution is 0.379. The number of fused-ring (bicyclic) bond motifs is 1. The van der Waals surface area contributed by atoms with E-state index in [0.29, 0.717) is 6.04 Å². The summed E-state index contributed by atoms with van der Waals surface area (Å²) in [7, 11) is 0. The Hall–Kier alpha value is -1.35. The average Bonchev–Trinajstić information content (AvgIpc) is 2.82. The third kappa shape index (κ3) is 2.73. The molecule has 0 spiro atoms. The first-order chi connectivity index (χ1) is 9.78. The summed E-state index contributed by atoms with van der Waals surface area (Å²) < 4.78 is 2.37. The maximum absolute atomic E-state index is 4.86. The molecule has 3 nitrogen and oxygen atoms in total. The molecule has 0 radical (unpaired) electrons. The van der Waals surface area contributed by atoms with Crippen molar-refractivity contribution in [3.05, 3.63) is 29.6 Å². The molecule has 1 aromatic heterocycles. The van der Waals surface area contributed by atoms with Crippen LogP contribution in [0, 0.1) is 6.92 Å². The highest BCUT2D eigenvalue weighted by molar-refractivity contribution is 5.76. The molecule has 0 bridgehead atoms. The molecule has 1 unspecified atom stereocenters. The number of aromatic nitrogens is 2. The zero-order valence-electron chi connectivity index (χ0n) is 12.7. The van der Waals surface area contributed by atoms with Crippen molar-refractivity contribution >= 4 is 11.0 Å². The second kappa shape index (κ2) is 5.96. The Morgan fingerprint density at radius 1 is 1.35 bits per heavy atom. The lowest BCUT2D eigenvalue weighted by Crippen LogP contribution is -2.34. The highest BCUT2D eigenvalue weighted by Crippen LogP contribution is 2.20. The number of nitrogens with zero attached hydrogens (tertiary/aromatic N) is 2. The largest absolute Gasteiger partial charge is 0.328 e. The maximum atomic E-state index is 4.86. The summed E-state index contributed by atoms with van der Waals surface area (Å²) in [6.45, 7) is 6.54. The molecule has 20 heavy (non-hydrogen) atoms. The highest BCUT2D eigenvalue weighted by Gasteiger charge is 2.15. The van der Waals surface area contributed by atoms with Gasteiger partial charge in [0.25, 0.3) is 0 Å². The van der Waals surface area contributed by atoms with E-state index in [2.05, 4.69) is 41.9 Å². The molecular weight excluding hydrogens is 246 g/mol. The van der Waals surface area contributed by atoms with E-state index in [0.717, 1.165) is 18.5 Å². The third-order valence-corrected chi connectivity index (χ3v) is 4.43. The van der Waals surface area contributed by atoms with E-state index in [9.17, 15) is 0 Å². The summed E-state index contributed by atoms with van der Waals surface area (Å²) in [5, 5.41) is 3.63. The Balaban J connectivity index is 1.79. The Morgan fingerprint density at radius 2 is 2.25 bits per heavy atom. The predicted octanol–water partition coefficient (Wildman–Crippen LogP) is 3.44. The maximum Gasteiger partial charge on any atom is 0.109 e. The SMILES string of the molecule is CCn1c(CCC2CCCCN2)nc2cc(C)ccc21. The summed E-state index contributed by atoms with van der Waals surface area (Å²) in [5.41, 5.74) is 3.72. The molecule has 108 valence electrons. The normalized spacial score (nSPS) is 19.6. The van der Waals surface area contributed by atoms with E-state index in [1.807, 2.05) is 0 Å². The van der Waals surface area contributed by atoms with Gasteiger partial charge in [-0.1, -0.05) is 12.5 Å². The van der Waals surface area contributed by atoms with Gasteiger partial charge in [-0.05, 0) is 57.4 Å². The van der Waals surface area contributed by atoms with Crippen LogP contribution in [0.2, 0.25) is 0 Å². The van der Waals surface area contributed by atoms with Crippen molar-refractivity contribution in [2.24, 2.45) is 0 Å². The van der Waals surface area contributed by atoms with Gasteiger partial charge in [0.15, 0.2) is 0 Å². The molecule has 3 heteroatoms. The Labute approximate surface area is 121 Å². The molecular formula is C17H25N3. The van der Waals surface area contributed by atoms with Gasteiger partial charge in [-0.2, -0.15) is 0 Å². The molecule has 2 aromatic rings. The summed E-state index contributed by atoms with van der Waals surface area (Å²) in [6, 6.07) is 7.28. The minimum atomic E-state index is 0.690. The van der Waals surface area contributed by atoms with Gasteiger partial charge < -0.3 is 9.88 Å². The van der Waals surface area contributed by atoms with Crippen molar-refractivity contribution in [3.8, 4) is 0 Å². The molecule has 1 aliphatic rings. The first kappa shape index (κ1) is 13.6. The van der Waals surface area contributed by atoms with Gasteiger partial charge in [-0.15, -0.1) is 0 Å². The lowest BCUT2D eigenvalue weighted by Gasteiger charge is -2.23. The van der Waals surface area contributed by atoms with Crippen LogP contribution >= 0.6 is 0 Å². The van der Waals surface area contributed by atoms with Crippen LogP contribution in [0.5, 0.6) is 0 Å². The van der Waals surface area contributed by atoms with Crippen LogP contribution in [-0.4, -0.2) is 22.1 Å². The van der Waals surface area contributed by atoms with Crippen molar-refractivity contribution in [2.45, 2.75) is 58.5 Å². The fourth-order valence-corrected chi connectivity index (χ4v) is 3.31. The van der Waals surface area contributed by atoms with Gasteiger partial charge in [0.1, 0.15) is 5.82 Å². The van der Waals surface area contributed by atoms with Gasteiger partial charge >= 0.3 is 0 Å². The van der Waals surface area contributed by atoms with Crippen LogP contribution in [0.3, 0.4) is 0 Å². The Morgan fingerprint density at radius 3 is 3.00 bits per heavy atom. The summed E-state index contributed by atoms with van der Waals surface area (Å²) in [5.74, 6) is 1.25. The number of imidazole rings is 1. The van der Waals surface area contributed by atoms with Crippen LogP contribution < -0.4 is 5.32 Å². The van der Waals surface area contributed by atoms with Crippen LogP contribution in [0.25, 0.3) is 11.0 Å². The Kier molecular flexibility index (Phi) is 4.06. The molecule has 0 aliphatic carbocycles. The molecule has 1 saturated heterocycles. The van der Waals surface area contributed by atoms with Crippen LogP contribution in [0.15, 0.2) is 18.2 Å². The number of aryl methyl sites for hydroxylation is 3. The second-order valence-electron chi connectivity index (χ2n) is 5.95. The predicted molar refractivity (Wildman–Crippen MR) is 84.1 cm³/mol. The van der Waals surface area contributed by atoms with Crippen LogP contribution in [0.1, 0.15) is 44.0 Å². The second-order valence-corrected chi connectivity index (χ2v) is 5.95.